The lowest BCUT2D eigenvalue weighted by Gasteiger charge is -2.17. The Labute approximate surface area is 163 Å². The average Bonchev–Trinajstić information content (AvgIpc) is 2.79. The molecular weight excluding hydrogens is 437 g/mol. The summed E-state index contributed by atoms with van der Waals surface area (Å²) in [4.78, 5) is 1.22. The first-order valence-electron chi connectivity index (χ1n) is 7.95. The van der Waals surface area contributed by atoms with Gasteiger partial charge in [0, 0.05) is 23.5 Å². The van der Waals surface area contributed by atoms with E-state index in [1.54, 1.807) is 11.8 Å². The van der Waals surface area contributed by atoms with Gasteiger partial charge in [0.05, 0.1) is 0 Å². The monoisotopic (exact) mass is 463 g/mol. The molecule has 2 fully saturated rings. The molecule has 4 N–H and O–H groups in total. The number of hydrogen-bond donors (Lipinski definition) is 3. The highest BCUT2D eigenvalue weighted by Gasteiger charge is 2.58. The van der Waals surface area contributed by atoms with E-state index < -0.39 is 0 Å². The standard InChI is InChI=1S/C17H26IN3S2/c1-5-11(13-14(19)17(13,3)4)20-8-6-7-10(2)9-12-15(18)21-16(22)23-12/h6-7,9,11,13-15,20H,2,5,8,19H2,1,3-4H3,(H,21,22)/b7-6-,12-9+/t11?,13?,14-,15?/m0/s1. The van der Waals surface area contributed by atoms with E-state index in [1.165, 1.54) is 4.91 Å². The molecule has 1 saturated carbocycles. The van der Waals surface area contributed by atoms with Crippen molar-refractivity contribution in [2.24, 2.45) is 17.1 Å². The van der Waals surface area contributed by atoms with Crippen molar-refractivity contribution in [3.8, 4) is 0 Å². The van der Waals surface area contributed by atoms with E-state index >= 15 is 0 Å². The Bertz CT molecular complexity index is 542. The van der Waals surface area contributed by atoms with Crippen molar-refractivity contribution < 1.29 is 0 Å². The molecule has 23 heavy (non-hydrogen) atoms. The summed E-state index contributed by atoms with van der Waals surface area (Å²) >= 11 is 9.13. The molecule has 6 heteroatoms. The lowest BCUT2D eigenvalue weighted by molar-refractivity contribution is 0.408. The van der Waals surface area contributed by atoms with E-state index in [1.807, 2.05) is 0 Å². The summed E-state index contributed by atoms with van der Waals surface area (Å²) in [6.45, 7) is 11.7. The summed E-state index contributed by atoms with van der Waals surface area (Å²) in [7, 11) is 0. The third kappa shape index (κ3) is 4.81. The highest BCUT2D eigenvalue weighted by Crippen LogP contribution is 2.52. The third-order valence-electron chi connectivity index (χ3n) is 4.73. The summed E-state index contributed by atoms with van der Waals surface area (Å²) in [5.41, 5.74) is 7.46. The van der Waals surface area contributed by atoms with Gasteiger partial charge < -0.3 is 16.4 Å². The normalized spacial score (nSPS) is 32.3. The Morgan fingerprint density at radius 3 is 2.74 bits per heavy atom. The molecule has 3 nitrogen and oxygen atoms in total. The van der Waals surface area contributed by atoms with E-state index in [2.05, 4.69) is 78.8 Å². The fourth-order valence-corrected chi connectivity index (χ4v) is 5.60. The van der Waals surface area contributed by atoms with Gasteiger partial charge in [0.15, 0.2) is 0 Å². The minimum atomic E-state index is 0.261. The van der Waals surface area contributed by atoms with E-state index in [-0.39, 0.29) is 9.46 Å². The van der Waals surface area contributed by atoms with Crippen molar-refractivity contribution in [1.82, 2.24) is 10.6 Å². The van der Waals surface area contributed by atoms with Gasteiger partial charge in [-0.25, -0.2) is 0 Å². The van der Waals surface area contributed by atoms with Gasteiger partial charge in [0.25, 0.3) is 0 Å². The minimum Gasteiger partial charge on any atom is -0.355 e. The van der Waals surface area contributed by atoms with Gasteiger partial charge >= 0.3 is 0 Å². The maximum atomic E-state index is 6.19. The minimum absolute atomic E-state index is 0.261. The third-order valence-corrected chi connectivity index (χ3v) is 7.40. The maximum Gasteiger partial charge on any atom is 0.139 e. The van der Waals surface area contributed by atoms with Crippen LogP contribution in [0.15, 0.2) is 35.3 Å². The summed E-state index contributed by atoms with van der Waals surface area (Å²) in [6.07, 6.45) is 7.41. The van der Waals surface area contributed by atoms with Crippen LogP contribution in [0.25, 0.3) is 0 Å². The second kappa shape index (κ2) is 7.99. The zero-order chi connectivity index (χ0) is 17.2. The molecule has 0 aromatic carbocycles. The second-order valence-electron chi connectivity index (χ2n) is 6.72. The zero-order valence-corrected chi connectivity index (χ0v) is 17.7. The molecule has 0 amide bonds. The van der Waals surface area contributed by atoms with Crippen LogP contribution in [-0.4, -0.2) is 27.0 Å². The first-order chi connectivity index (χ1) is 10.8. The molecule has 0 bridgehead atoms. The van der Waals surface area contributed by atoms with Gasteiger partial charge in [0.2, 0.25) is 0 Å². The molecule has 0 aromatic rings. The Balaban J connectivity index is 1.79. The molecule has 1 aliphatic carbocycles. The van der Waals surface area contributed by atoms with Gasteiger partial charge in [-0.05, 0) is 29.4 Å². The predicted molar refractivity (Wildman–Crippen MR) is 115 cm³/mol. The van der Waals surface area contributed by atoms with Gasteiger partial charge in [0.1, 0.15) is 8.37 Å². The Morgan fingerprint density at radius 1 is 1.61 bits per heavy atom. The Kier molecular flexibility index (Phi) is 6.75. The maximum absolute atomic E-state index is 6.19. The molecule has 4 atom stereocenters. The van der Waals surface area contributed by atoms with Crippen molar-refractivity contribution in [2.75, 3.05) is 6.54 Å². The van der Waals surface area contributed by atoms with Gasteiger partial charge in [-0.1, -0.05) is 86.1 Å². The molecule has 128 valence electrons. The number of thiocarbonyl (C=S) groups is 1. The fourth-order valence-electron chi connectivity index (χ4n) is 3.14. The lowest BCUT2D eigenvalue weighted by Crippen LogP contribution is -2.33. The van der Waals surface area contributed by atoms with Crippen LogP contribution in [0.4, 0.5) is 0 Å². The Morgan fingerprint density at radius 2 is 2.26 bits per heavy atom. The number of alkyl halides is 1. The largest absolute Gasteiger partial charge is 0.355 e. The molecule has 0 aromatic heterocycles. The highest BCUT2D eigenvalue weighted by atomic mass is 127. The topological polar surface area (TPSA) is 50.1 Å². The molecular formula is C17H26IN3S2. The van der Waals surface area contributed by atoms with Gasteiger partial charge in [-0.3, -0.25) is 0 Å². The van der Waals surface area contributed by atoms with Crippen LogP contribution in [0, 0.1) is 11.3 Å². The summed E-state index contributed by atoms with van der Waals surface area (Å²) in [5.74, 6) is 0.577. The van der Waals surface area contributed by atoms with E-state index in [4.69, 9.17) is 18.0 Å². The number of allylic oxidation sites excluding steroid dienone is 3. The smallest absolute Gasteiger partial charge is 0.139 e. The molecule has 1 saturated heterocycles. The molecule has 2 rings (SSSR count). The zero-order valence-electron chi connectivity index (χ0n) is 13.9. The quantitative estimate of drug-likeness (QED) is 0.177. The predicted octanol–water partition coefficient (Wildman–Crippen LogP) is 3.72. The first kappa shape index (κ1) is 19.4. The molecule has 2 aliphatic rings. The van der Waals surface area contributed by atoms with Gasteiger partial charge in [-0.15, -0.1) is 0 Å². The van der Waals surface area contributed by atoms with E-state index in [0.29, 0.717) is 18.0 Å². The molecule has 1 heterocycles. The number of rotatable bonds is 7. The fraction of sp³-hybridized carbons (Fsp3) is 0.588. The van der Waals surface area contributed by atoms with Crippen LogP contribution in [-0.2, 0) is 0 Å². The number of hydrogen-bond acceptors (Lipinski definition) is 4. The van der Waals surface area contributed by atoms with Crippen LogP contribution in [0.3, 0.4) is 0 Å². The van der Waals surface area contributed by atoms with Gasteiger partial charge in [-0.2, -0.15) is 0 Å². The van der Waals surface area contributed by atoms with Crippen LogP contribution >= 0.6 is 46.6 Å². The average molecular weight is 463 g/mol. The first-order valence-corrected chi connectivity index (χ1v) is 10.4. The summed E-state index contributed by atoms with van der Waals surface area (Å²) < 4.78 is 1.10. The van der Waals surface area contributed by atoms with Crippen LogP contribution in [0.5, 0.6) is 0 Å². The van der Waals surface area contributed by atoms with E-state index in [9.17, 15) is 0 Å². The summed E-state index contributed by atoms with van der Waals surface area (Å²) in [6, 6.07) is 0.807. The summed E-state index contributed by atoms with van der Waals surface area (Å²) in [5, 5.41) is 6.83. The Hall–Kier alpha value is 0.110. The number of nitrogens with one attached hydrogen (secondary N) is 2. The van der Waals surface area contributed by atoms with Crippen LogP contribution in [0.2, 0.25) is 0 Å². The number of thioether (sulfide) groups is 1. The van der Waals surface area contributed by atoms with Crippen LogP contribution in [0.1, 0.15) is 27.2 Å². The molecule has 3 unspecified atom stereocenters. The molecule has 0 radical (unpaired) electrons. The van der Waals surface area contributed by atoms with Crippen molar-refractivity contribution in [1.29, 1.82) is 0 Å². The number of nitrogens with two attached hydrogens (primary N) is 1. The lowest BCUT2D eigenvalue weighted by atomic mass is 10.0. The van der Waals surface area contributed by atoms with Crippen molar-refractivity contribution in [3.05, 3.63) is 35.3 Å². The van der Waals surface area contributed by atoms with Crippen LogP contribution < -0.4 is 16.4 Å². The van der Waals surface area contributed by atoms with E-state index in [0.717, 1.165) is 22.9 Å². The van der Waals surface area contributed by atoms with Crippen molar-refractivity contribution in [2.45, 2.75) is 43.3 Å². The number of halogens is 1. The molecule has 0 spiro atoms. The van der Waals surface area contributed by atoms with Crippen molar-refractivity contribution >= 4 is 50.9 Å². The highest BCUT2D eigenvalue weighted by molar-refractivity contribution is 14.1. The molecule has 1 aliphatic heterocycles. The second-order valence-corrected chi connectivity index (χ2v) is 9.71. The SMILES string of the molecule is C=C(/C=C\CNC(CC)C1[C@H](N)C1(C)C)/C=C1/SC(=S)NC1I. The van der Waals surface area contributed by atoms with Crippen molar-refractivity contribution in [3.63, 3.8) is 0 Å².